The fourth-order valence-corrected chi connectivity index (χ4v) is 2.67. The van der Waals surface area contributed by atoms with E-state index in [0.29, 0.717) is 17.0 Å². The van der Waals surface area contributed by atoms with Gasteiger partial charge in [-0.2, -0.15) is 5.10 Å². The molecule has 1 aromatic carbocycles. The van der Waals surface area contributed by atoms with Crippen molar-refractivity contribution in [1.29, 1.82) is 0 Å². The Balaban J connectivity index is 2.36. The number of nitrogens with one attached hydrogen (secondary N) is 1. The predicted molar refractivity (Wildman–Crippen MR) is 79.9 cm³/mol. The molecule has 0 aliphatic rings. The van der Waals surface area contributed by atoms with Gasteiger partial charge in [-0.1, -0.05) is 35.3 Å². The minimum absolute atomic E-state index is 0.120. The van der Waals surface area contributed by atoms with Crippen molar-refractivity contribution in [2.24, 2.45) is 7.05 Å². The summed E-state index contributed by atoms with van der Waals surface area (Å²) in [4.78, 5) is 0. The average molecular weight is 316 g/mol. The first kappa shape index (κ1) is 15.3. The summed E-state index contributed by atoms with van der Waals surface area (Å²) < 4.78 is 15.8. The molecule has 1 N–H and O–H groups in total. The molecular formula is C14H16Cl2FN3. The third kappa shape index (κ3) is 2.82. The summed E-state index contributed by atoms with van der Waals surface area (Å²) >= 11 is 12.1. The highest BCUT2D eigenvalue weighted by molar-refractivity contribution is 6.32. The van der Waals surface area contributed by atoms with Crippen LogP contribution in [-0.4, -0.2) is 16.8 Å². The van der Waals surface area contributed by atoms with E-state index in [-0.39, 0.29) is 11.1 Å². The lowest BCUT2D eigenvalue weighted by molar-refractivity contribution is 0.520. The summed E-state index contributed by atoms with van der Waals surface area (Å²) in [6.45, 7) is 1.85. The molecule has 20 heavy (non-hydrogen) atoms. The summed E-state index contributed by atoms with van der Waals surface area (Å²) in [5.41, 5.74) is 2.16. The Morgan fingerprint density at radius 1 is 1.40 bits per heavy atom. The summed E-state index contributed by atoms with van der Waals surface area (Å²) in [6.07, 6.45) is 0.532. The number of aryl methyl sites for hydroxylation is 2. The van der Waals surface area contributed by atoms with Crippen molar-refractivity contribution < 1.29 is 4.39 Å². The molecule has 1 heterocycles. The molecule has 0 saturated heterocycles. The van der Waals surface area contributed by atoms with Crippen LogP contribution in [0.1, 0.15) is 23.0 Å². The zero-order chi connectivity index (χ0) is 14.9. The van der Waals surface area contributed by atoms with Crippen molar-refractivity contribution in [3.05, 3.63) is 51.0 Å². The minimum atomic E-state index is -0.400. The predicted octanol–water partition coefficient (Wildman–Crippen LogP) is 3.68. The van der Waals surface area contributed by atoms with Crippen LogP contribution in [0.3, 0.4) is 0 Å². The quantitative estimate of drug-likeness (QED) is 0.932. The first-order valence-corrected chi connectivity index (χ1v) is 7.00. The summed E-state index contributed by atoms with van der Waals surface area (Å²) in [7, 11) is 3.61. The van der Waals surface area contributed by atoms with Gasteiger partial charge in [-0.15, -0.1) is 0 Å². The van der Waals surface area contributed by atoms with Gasteiger partial charge in [-0.05, 0) is 20.0 Å². The largest absolute Gasteiger partial charge is 0.313 e. The monoisotopic (exact) mass is 315 g/mol. The molecule has 3 nitrogen and oxygen atoms in total. The number of hydrogen-bond acceptors (Lipinski definition) is 2. The van der Waals surface area contributed by atoms with Crippen molar-refractivity contribution in [2.75, 3.05) is 7.05 Å². The lowest BCUT2D eigenvalue weighted by Gasteiger charge is -2.18. The highest BCUT2D eigenvalue weighted by atomic mass is 35.5. The maximum Gasteiger partial charge on any atom is 0.146 e. The number of likely N-dealkylation sites (N-methyl/N-ethyl adjacent to an activating group) is 1. The Kier molecular flexibility index (Phi) is 4.68. The summed E-state index contributed by atoms with van der Waals surface area (Å²) in [5, 5.41) is 8.11. The summed E-state index contributed by atoms with van der Waals surface area (Å²) in [5.74, 6) is -0.400. The molecule has 0 radical (unpaired) electrons. The molecule has 6 heteroatoms. The molecule has 0 bridgehead atoms. The van der Waals surface area contributed by atoms with Crippen LogP contribution in [0.25, 0.3) is 0 Å². The lowest BCUT2D eigenvalue weighted by Crippen LogP contribution is -2.21. The second-order valence-electron chi connectivity index (χ2n) is 4.66. The molecule has 1 atom stereocenters. The minimum Gasteiger partial charge on any atom is -0.313 e. The van der Waals surface area contributed by atoms with Crippen molar-refractivity contribution in [1.82, 2.24) is 15.1 Å². The molecule has 0 amide bonds. The van der Waals surface area contributed by atoms with Gasteiger partial charge in [-0.3, -0.25) is 4.68 Å². The van der Waals surface area contributed by atoms with Gasteiger partial charge in [0.2, 0.25) is 0 Å². The highest BCUT2D eigenvalue weighted by Gasteiger charge is 2.20. The van der Waals surface area contributed by atoms with Crippen LogP contribution in [-0.2, 0) is 13.5 Å². The molecule has 108 valence electrons. The molecule has 1 aromatic heterocycles. The molecule has 2 aromatic rings. The first-order valence-electron chi connectivity index (χ1n) is 6.24. The molecule has 0 aliphatic carbocycles. The van der Waals surface area contributed by atoms with Crippen molar-refractivity contribution >= 4 is 23.2 Å². The second-order valence-corrected chi connectivity index (χ2v) is 5.44. The Labute approximate surface area is 127 Å². The second kappa shape index (κ2) is 6.12. The van der Waals surface area contributed by atoms with E-state index in [9.17, 15) is 4.39 Å². The van der Waals surface area contributed by atoms with E-state index in [1.807, 2.05) is 14.0 Å². The molecule has 2 rings (SSSR count). The third-order valence-corrected chi connectivity index (χ3v) is 4.15. The van der Waals surface area contributed by atoms with Gasteiger partial charge in [0.05, 0.1) is 21.4 Å². The van der Waals surface area contributed by atoms with Crippen LogP contribution in [0.2, 0.25) is 10.0 Å². The van der Waals surface area contributed by atoms with Gasteiger partial charge in [0.15, 0.2) is 0 Å². The number of hydrogen-bond donors (Lipinski definition) is 1. The van der Waals surface area contributed by atoms with E-state index in [1.54, 1.807) is 23.9 Å². The van der Waals surface area contributed by atoms with Crippen molar-refractivity contribution in [3.8, 4) is 0 Å². The van der Waals surface area contributed by atoms with Gasteiger partial charge in [0, 0.05) is 25.1 Å². The number of benzene rings is 1. The van der Waals surface area contributed by atoms with Crippen LogP contribution in [0.4, 0.5) is 4.39 Å². The van der Waals surface area contributed by atoms with Crippen LogP contribution in [0, 0.1) is 12.7 Å². The lowest BCUT2D eigenvalue weighted by atomic mass is 10.0. The van der Waals surface area contributed by atoms with Crippen LogP contribution in [0.5, 0.6) is 0 Å². The SMILES string of the molecule is CNC(Cc1c(Cl)c(C)nn1C)c1cccc(Cl)c1F. The van der Waals surface area contributed by atoms with Gasteiger partial charge < -0.3 is 5.32 Å². The zero-order valence-corrected chi connectivity index (χ0v) is 13.1. The number of nitrogens with zero attached hydrogens (tertiary/aromatic N) is 2. The van der Waals surface area contributed by atoms with Crippen LogP contribution in [0.15, 0.2) is 18.2 Å². The maximum absolute atomic E-state index is 14.1. The standard InChI is InChI=1S/C14H16Cl2FN3/c1-8-13(16)12(20(3)19-8)7-11(18-2)9-5-4-6-10(15)14(9)17/h4-6,11,18H,7H2,1-3H3. The highest BCUT2D eigenvalue weighted by Crippen LogP contribution is 2.28. The first-order chi connectivity index (χ1) is 9.45. The third-order valence-electron chi connectivity index (χ3n) is 3.36. The van der Waals surface area contributed by atoms with Gasteiger partial charge in [0.1, 0.15) is 5.82 Å². The number of aromatic nitrogens is 2. The van der Waals surface area contributed by atoms with E-state index >= 15 is 0 Å². The normalized spacial score (nSPS) is 12.7. The van der Waals surface area contributed by atoms with E-state index in [0.717, 1.165) is 11.4 Å². The Bertz CT molecular complexity index is 625. The fraction of sp³-hybridized carbons (Fsp3) is 0.357. The average Bonchev–Trinajstić information content (AvgIpc) is 2.65. The van der Waals surface area contributed by atoms with Crippen LogP contribution < -0.4 is 5.32 Å². The summed E-state index contributed by atoms with van der Waals surface area (Å²) in [6, 6.07) is 4.77. The molecule has 0 spiro atoms. The van der Waals surface area contributed by atoms with Gasteiger partial charge in [-0.25, -0.2) is 4.39 Å². The van der Waals surface area contributed by atoms with E-state index < -0.39 is 5.82 Å². The van der Waals surface area contributed by atoms with Crippen molar-refractivity contribution in [3.63, 3.8) is 0 Å². The smallest absolute Gasteiger partial charge is 0.146 e. The number of rotatable bonds is 4. The Morgan fingerprint density at radius 2 is 2.10 bits per heavy atom. The van der Waals surface area contributed by atoms with Gasteiger partial charge in [0.25, 0.3) is 0 Å². The molecule has 0 aliphatic heterocycles. The van der Waals surface area contributed by atoms with E-state index in [4.69, 9.17) is 23.2 Å². The van der Waals surface area contributed by atoms with Crippen LogP contribution >= 0.6 is 23.2 Å². The zero-order valence-electron chi connectivity index (χ0n) is 11.5. The number of halogens is 3. The Hall–Kier alpha value is -1.10. The Morgan fingerprint density at radius 3 is 2.65 bits per heavy atom. The van der Waals surface area contributed by atoms with Crippen molar-refractivity contribution in [2.45, 2.75) is 19.4 Å². The molecule has 1 unspecified atom stereocenters. The van der Waals surface area contributed by atoms with E-state index in [1.165, 1.54) is 6.07 Å². The molecular weight excluding hydrogens is 300 g/mol. The topological polar surface area (TPSA) is 29.9 Å². The molecule has 0 fully saturated rings. The van der Waals surface area contributed by atoms with E-state index in [2.05, 4.69) is 10.4 Å². The fourth-order valence-electron chi connectivity index (χ4n) is 2.25. The maximum atomic E-state index is 14.1. The van der Waals surface area contributed by atoms with Gasteiger partial charge >= 0.3 is 0 Å². The molecule has 0 saturated carbocycles.